The van der Waals surface area contributed by atoms with Crippen LogP contribution in [0.3, 0.4) is 0 Å². The molecule has 6 heteroatoms. The molecule has 0 radical (unpaired) electrons. The average molecular weight is 273 g/mol. The van der Waals surface area contributed by atoms with Crippen molar-refractivity contribution in [1.29, 1.82) is 0 Å². The number of rotatable bonds is 4. The van der Waals surface area contributed by atoms with E-state index in [1.54, 1.807) is 11.4 Å². The van der Waals surface area contributed by atoms with Gasteiger partial charge in [0.05, 0.1) is 0 Å². The Balaban J connectivity index is 1.59. The van der Waals surface area contributed by atoms with Gasteiger partial charge in [0.2, 0.25) is 0 Å². The Kier molecular flexibility index (Phi) is 3.38. The number of nitrogens with one attached hydrogen (secondary N) is 2. The predicted octanol–water partition coefficient (Wildman–Crippen LogP) is 0.303. The van der Waals surface area contributed by atoms with E-state index in [9.17, 15) is 8.42 Å². The third-order valence-electron chi connectivity index (χ3n) is 4.84. The fourth-order valence-electron chi connectivity index (χ4n) is 3.49. The minimum absolute atomic E-state index is 0.183. The van der Waals surface area contributed by atoms with E-state index >= 15 is 0 Å². The zero-order valence-corrected chi connectivity index (χ0v) is 11.7. The van der Waals surface area contributed by atoms with Crippen LogP contribution in [0.25, 0.3) is 0 Å². The maximum Gasteiger partial charge on any atom is 0.279 e. The lowest BCUT2D eigenvalue weighted by atomic mass is 9.96. The molecule has 1 aliphatic heterocycles. The molecule has 0 spiro atoms. The molecule has 1 heterocycles. The van der Waals surface area contributed by atoms with Crippen molar-refractivity contribution >= 4 is 10.2 Å². The lowest BCUT2D eigenvalue weighted by Crippen LogP contribution is -2.46. The van der Waals surface area contributed by atoms with Crippen molar-refractivity contribution in [1.82, 2.24) is 14.3 Å². The first-order chi connectivity index (χ1) is 8.59. The Bertz CT molecular complexity index is 396. The fourth-order valence-corrected chi connectivity index (χ4v) is 4.95. The molecule has 5 nitrogen and oxygen atoms in total. The molecular weight excluding hydrogens is 250 g/mol. The molecule has 0 amide bonds. The van der Waals surface area contributed by atoms with Gasteiger partial charge in [-0.25, -0.2) is 0 Å². The molecule has 0 aromatic heterocycles. The van der Waals surface area contributed by atoms with Crippen molar-refractivity contribution in [3.8, 4) is 0 Å². The van der Waals surface area contributed by atoms with Crippen LogP contribution < -0.4 is 10.0 Å². The molecule has 2 atom stereocenters. The topological polar surface area (TPSA) is 61.4 Å². The first kappa shape index (κ1) is 12.8. The summed E-state index contributed by atoms with van der Waals surface area (Å²) in [4.78, 5) is 0. The van der Waals surface area contributed by atoms with E-state index in [0.29, 0.717) is 11.8 Å². The Labute approximate surface area is 109 Å². The number of fused-ring (bicyclic) bond motifs is 1. The summed E-state index contributed by atoms with van der Waals surface area (Å²) in [5.74, 6) is 1.05. The number of hydrogen-bond donors (Lipinski definition) is 2. The van der Waals surface area contributed by atoms with Gasteiger partial charge in [-0.05, 0) is 37.8 Å². The van der Waals surface area contributed by atoms with E-state index in [1.165, 1.54) is 6.42 Å². The van der Waals surface area contributed by atoms with Crippen molar-refractivity contribution in [3.63, 3.8) is 0 Å². The second-order valence-corrected chi connectivity index (χ2v) is 7.70. The molecule has 3 rings (SSSR count). The van der Waals surface area contributed by atoms with Crippen LogP contribution in [0.2, 0.25) is 0 Å². The minimum atomic E-state index is -3.28. The number of piperidine rings is 1. The molecule has 2 aliphatic carbocycles. The van der Waals surface area contributed by atoms with Crippen LogP contribution in [0.1, 0.15) is 32.1 Å². The molecule has 0 aromatic rings. The first-order valence-corrected chi connectivity index (χ1v) is 8.49. The molecule has 104 valence electrons. The molecule has 3 fully saturated rings. The molecule has 0 bridgehead atoms. The molecule has 2 saturated carbocycles. The van der Waals surface area contributed by atoms with Crippen LogP contribution in [0.15, 0.2) is 0 Å². The smallest absolute Gasteiger partial charge is 0.279 e. The van der Waals surface area contributed by atoms with E-state index in [-0.39, 0.29) is 12.1 Å². The molecule has 18 heavy (non-hydrogen) atoms. The van der Waals surface area contributed by atoms with Gasteiger partial charge in [-0.3, -0.25) is 0 Å². The van der Waals surface area contributed by atoms with Crippen molar-refractivity contribution in [3.05, 3.63) is 0 Å². The average Bonchev–Trinajstić information content (AvgIpc) is 2.80. The zero-order valence-electron chi connectivity index (χ0n) is 10.9. The highest BCUT2D eigenvalue weighted by atomic mass is 32.2. The summed E-state index contributed by atoms with van der Waals surface area (Å²) < 4.78 is 29.1. The first-order valence-electron chi connectivity index (χ1n) is 7.05. The lowest BCUT2D eigenvalue weighted by Gasteiger charge is -2.30. The molecule has 1 saturated heterocycles. The van der Waals surface area contributed by atoms with Crippen molar-refractivity contribution < 1.29 is 8.42 Å². The minimum Gasteiger partial charge on any atom is -0.316 e. The van der Waals surface area contributed by atoms with Gasteiger partial charge in [0.25, 0.3) is 10.2 Å². The summed E-state index contributed by atoms with van der Waals surface area (Å²) in [6.45, 7) is 1.93. The molecule has 2 N–H and O–H groups in total. The summed E-state index contributed by atoms with van der Waals surface area (Å²) >= 11 is 0. The van der Waals surface area contributed by atoms with Crippen molar-refractivity contribution in [2.45, 2.75) is 44.2 Å². The fraction of sp³-hybridized carbons (Fsp3) is 1.00. The standard InChI is InChI=1S/C12H23N3O2S/c1-15(9-5-3-2-4-6-9)18(16,17)14-12-10-7-13-8-11(10)12/h9-14H,2-8H2,1H3. The van der Waals surface area contributed by atoms with Gasteiger partial charge >= 0.3 is 0 Å². The second-order valence-electron chi connectivity index (χ2n) is 5.94. The van der Waals surface area contributed by atoms with Crippen molar-refractivity contribution in [2.75, 3.05) is 20.1 Å². The normalized spacial score (nSPS) is 36.9. The molecule has 2 unspecified atom stereocenters. The lowest BCUT2D eigenvalue weighted by molar-refractivity contribution is 0.282. The predicted molar refractivity (Wildman–Crippen MR) is 70.3 cm³/mol. The van der Waals surface area contributed by atoms with Gasteiger partial charge < -0.3 is 5.32 Å². The van der Waals surface area contributed by atoms with Gasteiger partial charge in [0, 0.05) is 19.1 Å². The third-order valence-corrected chi connectivity index (χ3v) is 6.47. The summed E-state index contributed by atoms with van der Waals surface area (Å²) in [5.41, 5.74) is 0. The van der Waals surface area contributed by atoms with Gasteiger partial charge in [0.1, 0.15) is 0 Å². The van der Waals surface area contributed by atoms with E-state index < -0.39 is 10.2 Å². The van der Waals surface area contributed by atoms with Gasteiger partial charge in [0.15, 0.2) is 0 Å². The molecule has 3 aliphatic rings. The number of hydrogen-bond acceptors (Lipinski definition) is 3. The molecule has 0 aromatic carbocycles. The largest absolute Gasteiger partial charge is 0.316 e. The van der Waals surface area contributed by atoms with E-state index in [2.05, 4.69) is 10.0 Å². The summed E-state index contributed by atoms with van der Waals surface area (Å²) in [7, 11) is -1.55. The number of nitrogens with zero attached hydrogens (tertiary/aromatic N) is 1. The van der Waals surface area contributed by atoms with Crippen LogP contribution in [-0.2, 0) is 10.2 Å². The third kappa shape index (κ3) is 2.31. The Morgan fingerprint density at radius 1 is 1.11 bits per heavy atom. The summed E-state index contributed by atoms with van der Waals surface area (Å²) in [6, 6.07) is 0.384. The van der Waals surface area contributed by atoms with E-state index in [4.69, 9.17) is 0 Å². The second kappa shape index (κ2) is 4.74. The molecular formula is C12H23N3O2S. The van der Waals surface area contributed by atoms with Gasteiger partial charge in [-0.2, -0.15) is 17.4 Å². The Morgan fingerprint density at radius 2 is 1.72 bits per heavy atom. The highest BCUT2D eigenvalue weighted by Gasteiger charge is 2.54. The quantitative estimate of drug-likeness (QED) is 0.774. The van der Waals surface area contributed by atoms with Crippen LogP contribution in [0.4, 0.5) is 0 Å². The van der Waals surface area contributed by atoms with Crippen molar-refractivity contribution in [2.24, 2.45) is 11.8 Å². The van der Waals surface area contributed by atoms with Crippen LogP contribution >= 0.6 is 0 Å². The Hall–Kier alpha value is -0.170. The monoisotopic (exact) mass is 273 g/mol. The maximum atomic E-state index is 12.3. The highest BCUT2D eigenvalue weighted by molar-refractivity contribution is 7.87. The van der Waals surface area contributed by atoms with Gasteiger partial charge in [-0.15, -0.1) is 0 Å². The SMILES string of the molecule is CN(C1CCCCC1)S(=O)(=O)NC1C2CNCC21. The van der Waals surface area contributed by atoms with Crippen LogP contribution in [0, 0.1) is 11.8 Å². The zero-order chi connectivity index (χ0) is 12.8. The summed E-state index contributed by atoms with van der Waals surface area (Å²) in [6.07, 6.45) is 5.58. The maximum absolute atomic E-state index is 12.3. The van der Waals surface area contributed by atoms with E-state index in [1.807, 2.05) is 0 Å². The Morgan fingerprint density at radius 3 is 2.33 bits per heavy atom. The van der Waals surface area contributed by atoms with Crippen LogP contribution in [0.5, 0.6) is 0 Å². The van der Waals surface area contributed by atoms with Crippen LogP contribution in [-0.4, -0.2) is 44.9 Å². The highest BCUT2D eigenvalue weighted by Crippen LogP contribution is 2.42. The summed E-state index contributed by atoms with van der Waals surface area (Å²) in [5, 5.41) is 3.28. The van der Waals surface area contributed by atoms with Gasteiger partial charge in [-0.1, -0.05) is 19.3 Å². The van der Waals surface area contributed by atoms with E-state index in [0.717, 1.165) is 38.8 Å².